The van der Waals surface area contributed by atoms with Gasteiger partial charge in [-0.2, -0.15) is 22.0 Å². The standard InChI is InChI=1S/C7H11F5O/c1-4(2)6(3,7(10,11)12)13-5(8)9/h4-5H,1-3H3. The normalized spacial score (nSPS) is 18.0. The SMILES string of the molecule is CC(C)C(C)(OC(F)F)C(F)(F)F. The van der Waals surface area contributed by atoms with Crippen molar-refractivity contribution in [3.8, 4) is 0 Å². The Kier molecular flexibility index (Phi) is 3.66. The van der Waals surface area contributed by atoms with E-state index < -0.39 is 24.3 Å². The van der Waals surface area contributed by atoms with Gasteiger partial charge in [0, 0.05) is 0 Å². The molecule has 0 aromatic rings. The Morgan fingerprint density at radius 2 is 1.46 bits per heavy atom. The molecule has 0 fully saturated rings. The lowest BCUT2D eigenvalue weighted by molar-refractivity contribution is -0.333. The van der Waals surface area contributed by atoms with Crippen LogP contribution in [0.2, 0.25) is 0 Å². The highest BCUT2D eigenvalue weighted by Crippen LogP contribution is 2.40. The van der Waals surface area contributed by atoms with Crippen LogP contribution in [-0.4, -0.2) is 18.4 Å². The van der Waals surface area contributed by atoms with Gasteiger partial charge in [-0.25, -0.2) is 0 Å². The largest absolute Gasteiger partial charge is 0.417 e. The zero-order valence-corrected chi connectivity index (χ0v) is 7.45. The molecule has 1 atom stereocenters. The van der Waals surface area contributed by atoms with E-state index in [1.54, 1.807) is 0 Å². The molecule has 0 saturated heterocycles. The average Bonchev–Trinajstić information content (AvgIpc) is 1.82. The van der Waals surface area contributed by atoms with Gasteiger partial charge in [-0.15, -0.1) is 0 Å². The van der Waals surface area contributed by atoms with Crippen LogP contribution in [0.25, 0.3) is 0 Å². The second-order valence-electron chi connectivity index (χ2n) is 3.14. The fourth-order valence-electron chi connectivity index (χ4n) is 0.715. The maximum atomic E-state index is 12.3. The summed E-state index contributed by atoms with van der Waals surface area (Å²) in [4.78, 5) is 0. The van der Waals surface area contributed by atoms with E-state index in [2.05, 4.69) is 4.74 Å². The van der Waals surface area contributed by atoms with Crippen LogP contribution in [0.4, 0.5) is 22.0 Å². The molecule has 0 bridgehead atoms. The Balaban J connectivity index is 4.74. The van der Waals surface area contributed by atoms with E-state index in [9.17, 15) is 22.0 Å². The van der Waals surface area contributed by atoms with E-state index in [0.29, 0.717) is 6.92 Å². The molecule has 0 saturated carbocycles. The molecule has 1 nitrogen and oxygen atoms in total. The van der Waals surface area contributed by atoms with Crippen molar-refractivity contribution in [1.29, 1.82) is 0 Å². The van der Waals surface area contributed by atoms with Crippen molar-refractivity contribution in [2.75, 3.05) is 0 Å². The zero-order chi connectivity index (χ0) is 10.9. The Labute approximate surface area is 72.9 Å². The van der Waals surface area contributed by atoms with Gasteiger partial charge in [0.25, 0.3) is 0 Å². The molecule has 80 valence electrons. The first-order valence-corrected chi connectivity index (χ1v) is 3.64. The number of ether oxygens (including phenoxy) is 1. The van der Waals surface area contributed by atoms with Crippen LogP contribution in [0, 0.1) is 5.92 Å². The fourth-order valence-corrected chi connectivity index (χ4v) is 0.715. The summed E-state index contributed by atoms with van der Waals surface area (Å²) in [6, 6.07) is 0. The summed E-state index contributed by atoms with van der Waals surface area (Å²) in [6.07, 6.45) is -4.79. The summed E-state index contributed by atoms with van der Waals surface area (Å²) in [6.45, 7) is -0.454. The molecule has 0 aliphatic carbocycles. The van der Waals surface area contributed by atoms with Crippen molar-refractivity contribution < 1.29 is 26.7 Å². The minimum Gasteiger partial charge on any atom is -0.307 e. The van der Waals surface area contributed by atoms with Gasteiger partial charge in [0.05, 0.1) is 0 Å². The third-order valence-corrected chi connectivity index (χ3v) is 2.00. The molecule has 0 spiro atoms. The predicted molar refractivity (Wildman–Crippen MR) is 36.4 cm³/mol. The minimum absolute atomic E-state index is 0.615. The average molecular weight is 206 g/mol. The van der Waals surface area contributed by atoms with Gasteiger partial charge in [-0.3, -0.25) is 0 Å². The van der Waals surface area contributed by atoms with E-state index in [4.69, 9.17) is 0 Å². The number of hydrogen-bond donors (Lipinski definition) is 0. The Morgan fingerprint density at radius 3 is 1.54 bits per heavy atom. The Bertz CT molecular complexity index is 165. The maximum absolute atomic E-state index is 12.3. The van der Waals surface area contributed by atoms with Gasteiger partial charge in [0.2, 0.25) is 0 Å². The first-order valence-electron chi connectivity index (χ1n) is 3.64. The third kappa shape index (κ3) is 2.79. The molecule has 0 aromatic heterocycles. The lowest BCUT2D eigenvalue weighted by Gasteiger charge is -2.34. The van der Waals surface area contributed by atoms with Crippen molar-refractivity contribution in [3.05, 3.63) is 0 Å². The number of alkyl halides is 5. The topological polar surface area (TPSA) is 9.23 Å². The summed E-state index contributed by atoms with van der Waals surface area (Å²) in [5.41, 5.74) is -2.79. The monoisotopic (exact) mass is 206 g/mol. The van der Waals surface area contributed by atoms with Crippen LogP contribution in [0.1, 0.15) is 20.8 Å². The molecular formula is C7H11F5O. The Morgan fingerprint density at radius 1 is 1.08 bits per heavy atom. The highest BCUT2D eigenvalue weighted by atomic mass is 19.4. The van der Waals surface area contributed by atoms with Crippen molar-refractivity contribution in [1.82, 2.24) is 0 Å². The first-order chi connectivity index (χ1) is 5.61. The van der Waals surface area contributed by atoms with Gasteiger partial charge in [0.15, 0.2) is 5.60 Å². The smallest absolute Gasteiger partial charge is 0.307 e. The van der Waals surface area contributed by atoms with Crippen molar-refractivity contribution in [2.45, 2.75) is 39.2 Å². The molecule has 6 heteroatoms. The molecule has 0 amide bonds. The van der Waals surface area contributed by atoms with Crippen LogP contribution in [0.3, 0.4) is 0 Å². The third-order valence-electron chi connectivity index (χ3n) is 2.00. The summed E-state index contributed by atoms with van der Waals surface area (Å²) < 4.78 is 63.8. The number of halogens is 5. The van der Waals surface area contributed by atoms with Crippen LogP contribution < -0.4 is 0 Å². The van der Waals surface area contributed by atoms with Crippen LogP contribution in [0.5, 0.6) is 0 Å². The van der Waals surface area contributed by atoms with Gasteiger partial charge in [-0.05, 0) is 12.8 Å². The molecule has 0 N–H and O–H groups in total. The molecule has 0 rings (SSSR count). The molecule has 1 unspecified atom stereocenters. The van der Waals surface area contributed by atoms with Gasteiger partial charge in [-0.1, -0.05) is 13.8 Å². The molecule has 0 heterocycles. The summed E-state index contributed by atoms with van der Waals surface area (Å²) in [5.74, 6) is -1.07. The first kappa shape index (κ1) is 12.6. The highest BCUT2D eigenvalue weighted by molar-refractivity contribution is 4.86. The lowest BCUT2D eigenvalue weighted by Crippen LogP contribution is -2.50. The lowest BCUT2D eigenvalue weighted by atomic mass is 9.91. The Hall–Kier alpha value is -0.390. The van der Waals surface area contributed by atoms with Gasteiger partial charge < -0.3 is 4.74 Å². The minimum atomic E-state index is -4.79. The van der Waals surface area contributed by atoms with Crippen molar-refractivity contribution >= 4 is 0 Å². The molecular weight excluding hydrogens is 195 g/mol. The van der Waals surface area contributed by atoms with Crippen LogP contribution >= 0.6 is 0 Å². The van der Waals surface area contributed by atoms with Gasteiger partial charge in [0.1, 0.15) is 0 Å². The van der Waals surface area contributed by atoms with Crippen molar-refractivity contribution in [3.63, 3.8) is 0 Å². The molecule has 0 aliphatic rings. The second kappa shape index (κ2) is 3.77. The van der Waals surface area contributed by atoms with E-state index >= 15 is 0 Å². The molecule has 13 heavy (non-hydrogen) atoms. The molecule has 0 radical (unpaired) electrons. The van der Waals surface area contributed by atoms with Crippen LogP contribution in [-0.2, 0) is 4.74 Å². The highest BCUT2D eigenvalue weighted by Gasteiger charge is 2.55. The number of hydrogen-bond acceptors (Lipinski definition) is 1. The molecule has 0 aliphatic heterocycles. The van der Waals surface area contributed by atoms with E-state index in [1.807, 2.05) is 0 Å². The quantitative estimate of drug-likeness (QED) is 0.644. The van der Waals surface area contributed by atoms with Crippen LogP contribution in [0.15, 0.2) is 0 Å². The fraction of sp³-hybridized carbons (Fsp3) is 1.00. The van der Waals surface area contributed by atoms with Gasteiger partial charge >= 0.3 is 12.8 Å². The molecule has 0 aromatic carbocycles. The second-order valence-corrected chi connectivity index (χ2v) is 3.14. The van der Waals surface area contributed by atoms with E-state index in [-0.39, 0.29) is 0 Å². The van der Waals surface area contributed by atoms with E-state index in [1.165, 1.54) is 13.8 Å². The zero-order valence-electron chi connectivity index (χ0n) is 7.45. The predicted octanol–water partition coefficient (Wildman–Crippen LogP) is 3.20. The summed E-state index contributed by atoms with van der Waals surface area (Å²) in [7, 11) is 0. The van der Waals surface area contributed by atoms with Crippen molar-refractivity contribution in [2.24, 2.45) is 5.92 Å². The van der Waals surface area contributed by atoms with E-state index in [0.717, 1.165) is 0 Å². The summed E-state index contributed by atoms with van der Waals surface area (Å²) in [5, 5.41) is 0. The number of rotatable bonds is 3. The maximum Gasteiger partial charge on any atom is 0.417 e. The summed E-state index contributed by atoms with van der Waals surface area (Å²) >= 11 is 0.